The minimum Gasteiger partial charge on any atom is -0.487 e. The van der Waals surface area contributed by atoms with Crippen molar-refractivity contribution in [3.63, 3.8) is 0 Å². The number of benzene rings is 2. The number of para-hydroxylation sites is 1. The van der Waals surface area contributed by atoms with E-state index in [1.54, 1.807) is 12.3 Å². The number of rotatable bonds is 5. The third kappa shape index (κ3) is 3.19. The van der Waals surface area contributed by atoms with E-state index in [1.807, 2.05) is 49.4 Å². The molecule has 25 heavy (non-hydrogen) atoms. The van der Waals surface area contributed by atoms with Crippen molar-refractivity contribution in [2.24, 2.45) is 0 Å². The number of aryl methyl sites for hydroxylation is 1. The molecule has 0 amide bonds. The molecule has 4 nitrogen and oxygen atoms in total. The molecule has 124 valence electrons. The molecule has 0 aliphatic rings. The van der Waals surface area contributed by atoms with Crippen LogP contribution in [0.15, 0.2) is 81.8 Å². The number of aromatic nitrogens is 1. The van der Waals surface area contributed by atoms with Gasteiger partial charge in [-0.1, -0.05) is 48.5 Å². The topological polar surface area (TPSA) is 48.4 Å². The molecule has 4 aromatic rings. The maximum absolute atomic E-state index is 6.04. The molecule has 0 saturated carbocycles. The van der Waals surface area contributed by atoms with Gasteiger partial charge in [0.25, 0.3) is 5.89 Å². The van der Waals surface area contributed by atoms with Crippen LogP contribution in [0.1, 0.15) is 11.5 Å². The second kappa shape index (κ2) is 6.69. The van der Waals surface area contributed by atoms with Crippen LogP contribution in [0.2, 0.25) is 0 Å². The highest BCUT2D eigenvalue weighted by Crippen LogP contribution is 2.30. The number of hydrogen-bond donors (Lipinski definition) is 0. The third-order valence-electron chi connectivity index (χ3n) is 3.96. The largest absolute Gasteiger partial charge is 0.487 e. The first-order chi connectivity index (χ1) is 12.3. The summed E-state index contributed by atoms with van der Waals surface area (Å²) in [6.07, 6.45) is 1.60. The Labute approximate surface area is 145 Å². The summed E-state index contributed by atoms with van der Waals surface area (Å²) in [5.41, 5.74) is 2.93. The lowest BCUT2D eigenvalue weighted by Gasteiger charge is -2.10. The summed E-state index contributed by atoms with van der Waals surface area (Å²) >= 11 is 0. The highest BCUT2D eigenvalue weighted by atomic mass is 16.5. The van der Waals surface area contributed by atoms with Crippen molar-refractivity contribution < 1.29 is 13.6 Å². The van der Waals surface area contributed by atoms with Gasteiger partial charge in [0.05, 0.1) is 6.26 Å². The predicted octanol–water partition coefficient (Wildman–Crippen LogP) is 5.49. The zero-order valence-corrected chi connectivity index (χ0v) is 13.8. The molecular formula is C21H17NO3. The lowest BCUT2D eigenvalue weighted by molar-refractivity contribution is 0.301. The molecule has 0 bridgehead atoms. The molecule has 2 heterocycles. The van der Waals surface area contributed by atoms with Crippen LogP contribution in [0.5, 0.6) is 5.75 Å². The van der Waals surface area contributed by atoms with Crippen molar-refractivity contribution in [3.8, 4) is 28.5 Å². The number of hydrogen-bond acceptors (Lipinski definition) is 4. The van der Waals surface area contributed by atoms with Crippen molar-refractivity contribution in [1.82, 2.24) is 4.98 Å². The van der Waals surface area contributed by atoms with Crippen LogP contribution in [-0.4, -0.2) is 4.98 Å². The maximum Gasteiger partial charge on any atom is 0.263 e. The number of oxazole rings is 1. The molecule has 0 spiro atoms. The number of ether oxygens (including phenoxy) is 1. The van der Waals surface area contributed by atoms with E-state index in [-0.39, 0.29) is 0 Å². The fourth-order valence-electron chi connectivity index (χ4n) is 2.66. The van der Waals surface area contributed by atoms with Gasteiger partial charge in [0, 0.05) is 5.56 Å². The van der Waals surface area contributed by atoms with Crippen LogP contribution in [-0.2, 0) is 6.61 Å². The van der Waals surface area contributed by atoms with Crippen molar-refractivity contribution in [2.75, 3.05) is 0 Å². The maximum atomic E-state index is 6.04. The molecule has 0 aliphatic heterocycles. The summed E-state index contributed by atoms with van der Waals surface area (Å²) in [6.45, 7) is 2.21. The predicted molar refractivity (Wildman–Crippen MR) is 95.2 cm³/mol. The first-order valence-electron chi connectivity index (χ1n) is 8.09. The third-order valence-corrected chi connectivity index (χ3v) is 3.96. The first kappa shape index (κ1) is 15.3. The van der Waals surface area contributed by atoms with Crippen LogP contribution in [0.4, 0.5) is 0 Å². The highest BCUT2D eigenvalue weighted by Gasteiger charge is 2.14. The lowest BCUT2D eigenvalue weighted by atomic mass is 10.1. The van der Waals surface area contributed by atoms with Gasteiger partial charge in [0.1, 0.15) is 23.8 Å². The highest BCUT2D eigenvalue weighted by molar-refractivity contribution is 5.70. The molecule has 0 saturated heterocycles. The quantitative estimate of drug-likeness (QED) is 0.485. The van der Waals surface area contributed by atoms with E-state index in [2.05, 4.69) is 23.2 Å². The van der Waals surface area contributed by atoms with Gasteiger partial charge in [-0.2, -0.15) is 0 Å². The van der Waals surface area contributed by atoms with E-state index in [0.29, 0.717) is 18.3 Å². The van der Waals surface area contributed by atoms with E-state index in [4.69, 9.17) is 13.6 Å². The van der Waals surface area contributed by atoms with E-state index in [0.717, 1.165) is 28.3 Å². The molecule has 0 unspecified atom stereocenters. The molecular weight excluding hydrogens is 314 g/mol. The normalized spacial score (nSPS) is 10.8. The fraction of sp³-hybridized carbons (Fsp3) is 0.0952. The van der Waals surface area contributed by atoms with E-state index < -0.39 is 0 Å². The summed E-state index contributed by atoms with van der Waals surface area (Å²) in [6, 6.07) is 21.8. The van der Waals surface area contributed by atoms with Gasteiger partial charge in [0.2, 0.25) is 0 Å². The molecule has 0 atom stereocenters. The van der Waals surface area contributed by atoms with Gasteiger partial charge in [-0.15, -0.1) is 0 Å². The Morgan fingerprint density at radius 2 is 1.72 bits per heavy atom. The van der Waals surface area contributed by atoms with Crippen molar-refractivity contribution in [3.05, 3.63) is 84.4 Å². The Hall–Kier alpha value is -3.27. The van der Waals surface area contributed by atoms with Crippen LogP contribution < -0.4 is 4.74 Å². The van der Waals surface area contributed by atoms with Gasteiger partial charge < -0.3 is 13.6 Å². The number of nitrogens with zero attached hydrogens (tertiary/aromatic N) is 1. The Morgan fingerprint density at radius 3 is 2.52 bits per heavy atom. The minimum absolute atomic E-state index is 0.333. The van der Waals surface area contributed by atoms with E-state index in [1.165, 1.54) is 0 Å². The van der Waals surface area contributed by atoms with Crippen LogP contribution in [0, 0.1) is 6.92 Å². The van der Waals surface area contributed by atoms with Gasteiger partial charge in [-0.3, -0.25) is 0 Å². The van der Waals surface area contributed by atoms with Crippen LogP contribution in [0.25, 0.3) is 22.8 Å². The van der Waals surface area contributed by atoms with Gasteiger partial charge in [0.15, 0.2) is 5.76 Å². The smallest absolute Gasteiger partial charge is 0.263 e. The van der Waals surface area contributed by atoms with Crippen LogP contribution >= 0.6 is 0 Å². The Balaban J connectivity index is 1.57. The van der Waals surface area contributed by atoms with Crippen molar-refractivity contribution in [2.45, 2.75) is 13.5 Å². The average molecular weight is 331 g/mol. The molecule has 2 aromatic carbocycles. The van der Waals surface area contributed by atoms with Gasteiger partial charge in [-0.05, 0) is 30.7 Å². The van der Waals surface area contributed by atoms with E-state index in [9.17, 15) is 0 Å². The molecule has 0 aliphatic carbocycles. The summed E-state index contributed by atoms with van der Waals surface area (Å²) in [5, 5.41) is 0. The SMILES string of the molecule is Cc1oc(-c2ccco2)nc1COc1ccccc1-c1ccccc1. The summed E-state index contributed by atoms with van der Waals surface area (Å²) in [4.78, 5) is 4.48. The Kier molecular flexibility index (Phi) is 4.09. The monoisotopic (exact) mass is 331 g/mol. The zero-order chi connectivity index (χ0) is 17.1. The Morgan fingerprint density at radius 1 is 0.920 bits per heavy atom. The van der Waals surface area contributed by atoms with Crippen molar-refractivity contribution in [1.29, 1.82) is 0 Å². The minimum atomic E-state index is 0.333. The number of furan rings is 1. The fourth-order valence-corrected chi connectivity index (χ4v) is 2.66. The zero-order valence-electron chi connectivity index (χ0n) is 13.8. The second-order valence-corrected chi connectivity index (χ2v) is 5.65. The van der Waals surface area contributed by atoms with E-state index >= 15 is 0 Å². The first-order valence-corrected chi connectivity index (χ1v) is 8.09. The summed E-state index contributed by atoms with van der Waals surface area (Å²) in [5.74, 6) is 2.62. The van der Waals surface area contributed by atoms with Gasteiger partial charge >= 0.3 is 0 Å². The lowest BCUT2D eigenvalue weighted by Crippen LogP contribution is -1.99. The molecule has 4 rings (SSSR count). The standard InChI is InChI=1S/C21H17NO3/c1-15-18(22-21(25-15)20-12-7-13-23-20)14-24-19-11-6-5-10-17(19)16-8-3-2-4-9-16/h2-13H,14H2,1H3. The van der Waals surface area contributed by atoms with Crippen LogP contribution in [0.3, 0.4) is 0 Å². The molecule has 4 heteroatoms. The average Bonchev–Trinajstić information content (AvgIpc) is 3.31. The Bertz CT molecular complexity index is 956. The van der Waals surface area contributed by atoms with Crippen molar-refractivity contribution >= 4 is 0 Å². The van der Waals surface area contributed by atoms with Gasteiger partial charge in [-0.25, -0.2) is 4.98 Å². The summed E-state index contributed by atoms with van der Waals surface area (Å²) in [7, 11) is 0. The molecule has 0 radical (unpaired) electrons. The second-order valence-electron chi connectivity index (χ2n) is 5.65. The summed E-state index contributed by atoms with van der Waals surface area (Å²) < 4.78 is 17.0. The molecule has 0 N–H and O–H groups in total. The molecule has 0 fully saturated rings. The molecule has 2 aromatic heterocycles.